The maximum Gasteiger partial charge on any atom is 0.418 e. The van der Waals surface area contributed by atoms with E-state index >= 15 is 0 Å². The molecule has 2 N–H and O–H groups in total. The summed E-state index contributed by atoms with van der Waals surface area (Å²) in [6, 6.07) is 5.01. The van der Waals surface area contributed by atoms with E-state index in [-0.39, 0.29) is 23.4 Å². The summed E-state index contributed by atoms with van der Waals surface area (Å²) < 4.78 is 40.3. The number of hydrazine groups is 1. The van der Waals surface area contributed by atoms with Gasteiger partial charge in [-0.25, -0.2) is 0 Å². The molecule has 0 saturated heterocycles. The molecule has 1 fully saturated rings. The SMILES string of the molecule is Cn1cc([C@@H]2C[C@H]2C(=O)NNc2ccccc2C(F)(F)F)cn1. The van der Waals surface area contributed by atoms with Gasteiger partial charge in [0.1, 0.15) is 0 Å². The van der Waals surface area contributed by atoms with Gasteiger partial charge >= 0.3 is 6.18 Å². The molecule has 8 heteroatoms. The van der Waals surface area contributed by atoms with Crippen LogP contribution in [-0.2, 0) is 18.0 Å². The summed E-state index contributed by atoms with van der Waals surface area (Å²) in [5.74, 6) is -0.496. The quantitative estimate of drug-likeness (QED) is 0.850. The first-order valence-electron chi connectivity index (χ1n) is 7.07. The van der Waals surface area contributed by atoms with Gasteiger partial charge in [-0.3, -0.25) is 20.3 Å². The Hall–Kier alpha value is -2.51. The monoisotopic (exact) mass is 324 g/mol. The second kappa shape index (κ2) is 5.60. The van der Waals surface area contributed by atoms with Crippen molar-refractivity contribution in [1.82, 2.24) is 15.2 Å². The molecular formula is C15H15F3N4O. The van der Waals surface area contributed by atoms with Gasteiger partial charge in [0, 0.05) is 19.2 Å². The van der Waals surface area contributed by atoms with Crippen molar-refractivity contribution in [3.8, 4) is 0 Å². The fraction of sp³-hybridized carbons (Fsp3) is 0.333. The molecule has 122 valence electrons. The number of anilines is 1. The predicted octanol–water partition coefficient (Wildman–Crippen LogP) is 2.69. The number of nitrogens with one attached hydrogen (secondary N) is 2. The number of halogens is 3. The summed E-state index contributed by atoms with van der Waals surface area (Å²) >= 11 is 0. The molecule has 0 radical (unpaired) electrons. The van der Waals surface area contributed by atoms with Gasteiger partial charge in [-0.2, -0.15) is 18.3 Å². The molecule has 5 nitrogen and oxygen atoms in total. The van der Waals surface area contributed by atoms with E-state index in [9.17, 15) is 18.0 Å². The maximum atomic E-state index is 12.9. The minimum atomic E-state index is -4.48. The highest BCUT2D eigenvalue weighted by molar-refractivity contribution is 5.84. The molecule has 1 amide bonds. The van der Waals surface area contributed by atoms with Crippen molar-refractivity contribution in [3.05, 3.63) is 47.8 Å². The first-order valence-corrected chi connectivity index (χ1v) is 7.07. The number of benzene rings is 1. The Morgan fingerprint density at radius 1 is 1.35 bits per heavy atom. The standard InChI is InChI=1S/C15H15F3N4O/c1-22-8-9(7-19-22)10-6-11(10)14(23)21-20-13-5-3-2-4-12(13)15(16,17)18/h2-5,7-8,10-11,20H,6H2,1H3,(H,21,23)/t10-,11+/m0/s1. The number of nitrogens with zero attached hydrogens (tertiary/aromatic N) is 2. The topological polar surface area (TPSA) is 59.0 Å². The summed E-state index contributed by atoms with van der Waals surface area (Å²) in [5.41, 5.74) is 4.71. The van der Waals surface area contributed by atoms with E-state index < -0.39 is 11.7 Å². The van der Waals surface area contributed by atoms with Crippen LogP contribution in [0.4, 0.5) is 18.9 Å². The van der Waals surface area contributed by atoms with Crippen LogP contribution in [0.3, 0.4) is 0 Å². The van der Waals surface area contributed by atoms with Crippen LogP contribution in [0.5, 0.6) is 0 Å². The molecule has 2 atom stereocenters. The second-order valence-electron chi connectivity index (χ2n) is 5.55. The zero-order chi connectivity index (χ0) is 16.6. The van der Waals surface area contributed by atoms with Gasteiger partial charge in [0.2, 0.25) is 5.91 Å². The molecule has 0 spiro atoms. The molecule has 0 aliphatic heterocycles. The van der Waals surface area contributed by atoms with Crippen molar-refractivity contribution in [2.24, 2.45) is 13.0 Å². The fourth-order valence-corrected chi connectivity index (χ4v) is 2.55. The van der Waals surface area contributed by atoms with Gasteiger partial charge in [-0.15, -0.1) is 0 Å². The summed E-state index contributed by atoms with van der Waals surface area (Å²) in [7, 11) is 1.79. The summed E-state index contributed by atoms with van der Waals surface area (Å²) in [5, 5.41) is 4.05. The van der Waals surface area contributed by atoms with Gasteiger partial charge in [-0.05, 0) is 30.0 Å². The van der Waals surface area contributed by atoms with E-state index in [1.54, 1.807) is 17.9 Å². The van der Waals surface area contributed by atoms with Crippen LogP contribution in [0.15, 0.2) is 36.7 Å². The first-order chi connectivity index (χ1) is 10.9. The predicted molar refractivity (Wildman–Crippen MR) is 77.3 cm³/mol. The molecule has 1 aromatic heterocycles. The number of para-hydroxylation sites is 1. The van der Waals surface area contributed by atoms with Gasteiger partial charge in [0.05, 0.1) is 17.4 Å². The highest BCUT2D eigenvalue weighted by Crippen LogP contribution is 2.47. The van der Waals surface area contributed by atoms with Crippen molar-refractivity contribution in [2.45, 2.75) is 18.5 Å². The van der Waals surface area contributed by atoms with Crippen LogP contribution < -0.4 is 10.9 Å². The minimum absolute atomic E-state index is 0.0726. The molecule has 2 aromatic rings. The zero-order valence-corrected chi connectivity index (χ0v) is 12.3. The average molecular weight is 324 g/mol. The van der Waals surface area contributed by atoms with Crippen LogP contribution in [0.25, 0.3) is 0 Å². The van der Waals surface area contributed by atoms with E-state index in [0.717, 1.165) is 11.6 Å². The lowest BCUT2D eigenvalue weighted by atomic mass is 10.2. The van der Waals surface area contributed by atoms with Crippen LogP contribution in [0, 0.1) is 5.92 Å². The lowest BCUT2D eigenvalue weighted by Crippen LogP contribution is -2.32. The van der Waals surface area contributed by atoms with E-state index in [1.807, 2.05) is 6.20 Å². The molecule has 0 unspecified atom stereocenters. The fourth-order valence-electron chi connectivity index (χ4n) is 2.55. The second-order valence-corrected chi connectivity index (χ2v) is 5.55. The third kappa shape index (κ3) is 3.30. The van der Waals surface area contributed by atoms with Gasteiger partial charge in [0.25, 0.3) is 0 Å². The highest BCUT2D eigenvalue weighted by Gasteiger charge is 2.44. The minimum Gasteiger partial charge on any atom is -0.298 e. The molecule has 1 aliphatic rings. The Morgan fingerprint density at radius 3 is 2.74 bits per heavy atom. The molecule has 1 heterocycles. The summed E-state index contributed by atoms with van der Waals surface area (Å²) in [6.45, 7) is 0. The lowest BCUT2D eigenvalue weighted by molar-refractivity contribution is -0.137. The summed E-state index contributed by atoms with van der Waals surface area (Å²) in [6.07, 6.45) is -0.277. The number of hydrogen-bond donors (Lipinski definition) is 2. The van der Waals surface area contributed by atoms with Crippen molar-refractivity contribution in [2.75, 3.05) is 5.43 Å². The molecule has 3 rings (SSSR count). The number of alkyl halides is 3. The van der Waals surface area contributed by atoms with Crippen molar-refractivity contribution < 1.29 is 18.0 Å². The molecule has 1 aliphatic carbocycles. The van der Waals surface area contributed by atoms with E-state index in [4.69, 9.17) is 0 Å². The van der Waals surface area contributed by atoms with Crippen LogP contribution in [0.1, 0.15) is 23.5 Å². The van der Waals surface area contributed by atoms with E-state index in [0.29, 0.717) is 6.42 Å². The van der Waals surface area contributed by atoms with Crippen molar-refractivity contribution in [3.63, 3.8) is 0 Å². The third-order valence-electron chi connectivity index (χ3n) is 3.83. The van der Waals surface area contributed by atoms with Gasteiger partial charge < -0.3 is 0 Å². The maximum absolute atomic E-state index is 12.9. The Bertz CT molecular complexity index is 726. The van der Waals surface area contributed by atoms with Crippen molar-refractivity contribution >= 4 is 11.6 Å². The number of amides is 1. The van der Waals surface area contributed by atoms with Crippen LogP contribution >= 0.6 is 0 Å². The Balaban J connectivity index is 1.61. The Labute approximate surface area is 130 Å². The Kier molecular flexibility index (Phi) is 3.75. The van der Waals surface area contributed by atoms with Crippen LogP contribution in [0.2, 0.25) is 0 Å². The number of aryl methyl sites for hydroxylation is 1. The largest absolute Gasteiger partial charge is 0.418 e. The number of carbonyl (C=O) groups excluding carboxylic acids is 1. The first kappa shape index (κ1) is 15.4. The molecule has 1 aromatic carbocycles. The number of hydrogen-bond acceptors (Lipinski definition) is 3. The molecule has 23 heavy (non-hydrogen) atoms. The number of carbonyl (C=O) groups is 1. The average Bonchev–Trinajstić information content (AvgIpc) is 3.19. The van der Waals surface area contributed by atoms with Gasteiger partial charge in [-0.1, -0.05) is 12.1 Å². The normalized spacial score (nSPS) is 20.2. The van der Waals surface area contributed by atoms with E-state index in [1.165, 1.54) is 18.2 Å². The zero-order valence-electron chi connectivity index (χ0n) is 12.3. The third-order valence-corrected chi connectivity index (χ3v) is 3.83. The van der Waals surface area contributed by atoms with Gasteiger partial charge in [0.15, 0.2) is 0 Å². The Morgan fingerprint density at radius 2 is 2.09 bits per heavy atom. The smallest absolute Gasteiger partial charge is 0.298 e. The lowest BCUT2D eigenvalue weighted by Gasteiger charge is -2.14. The molecule has 0 bridgehead atoms. The van der Waals surface area contributed by atoms with Crippen LogP contribution in [-0.4, -0.2) is 15.7 Å². The molecular weight excluding hydrogens is 309 g/mol. The highest BCUT2D eigenvalue weighted by atomic mass is 19.4. The summed E-state index contributed by atoms with van der Waals surface area (Å²) in [4.78, 5) is 12.0. The number of rotatable bonds is 4. The van der Waals surface area contributed by atoms with Crippen molar-refractivity contribution in [1.29, 1.82) is 0 Å². The van der Waals surface area contributed by atoms with E-state index in [2.05, 4.69) is 16.0 Å². The molecule has 1 saturated carbocycles. The number of aromatic nitrogens is 2.